The molecule has 6 heteroatoms. The van der Waals surface area contributed by atoms with E-state index in [0.717, 1.165) is 77.1 Å². The van der Waals surface area contributed by atoms with Crippen molar-refractivity contribution in [3.63, 3.8) is 0 Å². The van der Waals surface area contributed by atoms with Gasteiger partial charge in [-0.15, -0.1) is 11.3 Å². The first kappa shape index (κ1) is 38.5. The van der Waals surface area contributed by atoms with Crippen molar-refractivity contribution in [1.82, 2.24) is 19.5 Å². The Morgan fingerprint density at radius 3 is 1.75 bits per heavy atom. The van der Waals surface area contributed by atoms with Crippen molar-refractivity contribution in [2.75, 3.05) is 0 Å². The minimum absolute atomic E-state index is 0.543. The van der Waals surface area contributed by atoms with Crippen molar-refractivity contribution in [1.29, 1.82) is 0 Å². The number of nitrogens with zero attached hydrogens (tertiary/aromatic N) is 4. The number of rotatable bonds is 6. The van der Waals surface area contributed by atoms with Gasteiger partial charge in [0.05, 0.1) is 11.0 Å². The van der Waals surface area contributed by atoms with E-state index in [1.54, 1.807) is 0 Å². The van der Waals surface area contributed by atoms with E-state index in [2.05, 4.69) is 156 Å². The predicted octanol–water partition coefficient (Wildman–Crippen LogP) is 16.6. The average molecular weight is 853 g/mol. The third kappa shape index (κ3) is 6.57. The highest BCUT2D eigenvalue weighted by Gasteiger charge is 2.21. The van der Waals surface area contributed by atoms with Crippen LogP contribution < -0.4 is 0 Å². The van der Waals surface area contributed by atoms with Gasteiger partial charge in [0.25, 0.3) is 0 Å². The van der Waals surface area contributed by atoms with Crippen molar-refractivity contribution in [2.45, 2.75) is 13.8 Å². The molecule has 308 valence electrons. The molecular weight excluding hydrogens is 813 g/mol. The summed E-state index contributed by atoms with van der Waals surface area (Å²) < 4.78 is 11.2. The van der Waals surface area contributed by atoms with Crippen molar-refractivity contribution < 1.29 is 4.42 Å². The average Bonchev–Trinajstić information content (AvgIpc) is 4.06. The minimum atomic E-state index is 0.543. The van der Waals surface area contributed by atoms with Gasteiger partial charge >= 0.3 is 0 Å². The summed E-state index contributed by atoms with van der Waals surface area (Å²) >= 11 is 1.85. The number of hydrogen-bond acceptors (Lipinski definition) is 5. The molecule has 0 saturated heterocycles. The van der Waals surface area contributed by atoms with E-state index in [-0.39, 0.29) is 0 Å². The molecule has 4 heterocycles. The van der Waals surface area contributed by atoms with Crippen LogP contribution >= 0.6 is 11.3 Å². The van der Waals surface area contributed by atoms with Gasteiger partial charge in [-0.1, -0.05) is 166 Å². The molecule has 0 amide bonds. The molecule has 4 aromatic heterocycles. The van der Waals surface area contributed by atoms with Crippen LogP contribution in [0.5, 0.6) is 0 Å². The van der Waals surface area contributed by atoms with Crippen LogP contribution in [0.2, 0.25) is 0 Å². The van der Waals surface area contributed by atoms with Crippen molar-refractivity contribution in [3.8, 4) is 62.1 Å². The third-order valence-corrected chi connectivity index (χ3v) is 13.4. The molecule has 0 unspecified atom stereocenters. The molecule has 0 N–H and O–H groups in total. The van der Waals surface area contributed by atoms with Gasteiger partial charge in [-0.2, -0.15) is 9.97 Å². The SMILES string of the molecule is CC.c1ccc(-c2nc(-c3ccc4c(c3)oc3ccccc34)nc(-n3c4ccccc4c4cccc(-c5cccc(-c6cccc(-c7ccc8sc9ccccc9c8c7)c6)c5)c43)n2)cc1. The fraction of sp³-hybridized carbons (Fsp3) is 0.0339. The first-order valence-corrected chi connectivity index (χ1v) is 22.9. The van der Waals surface area contributed by atoms with Crippen LogP contribution in [0.4, 0.5) is 0 Å². The van der Waals surface area contributed by atoms with E-state index in [4.69, 9.17) is 19.4 Å². The number of aromatic nitrogens is 4. The van der Waals surface area contributed by atoms with E-state index >= 15 is 0 Å². The quantitative estimate of drug-likeness (QED) is 0.167. The van der Waals surface area contributed by atoms with Gasteiger partial charge in [0.1, 0.15) is 11.2 Å². The van der Waals surface area contributed by atoms with Crippen LogP contribution in [-0.2, 0) is 0 Å². The van der Waals surface area contributed by atoms with Crippen LogP contribution in [-0.4, -0.2) is 19.5 Å². The van der Waals surface area contributed by atoms with E-state index in [1.165, 1.54) is 31.3 Å². The third-order valence-electron chi connectivity index (χ3n) is 12.3. The van der Waals surface area contributed by atoms with Crippen LogP contribution in [0.15, 0.2) is 211 Å². The topological polar surface area (TPSA) is 56.7 Å². The molecule has 65 heavy (non-hydrogen) atoms. The molecule has 9 aromatic carbocycles. The Balaban J connectivity index is 0.00000219. The van der Waals surface area contributed by atoms with Crippen LogP contribution in [0, 0.1) is 0 Å². The van der Waals surface area contributed by atoms with Gasteiger partial charge < -0.3 is 4.42 Å². The Morgan fingerprint density at radius 1 is 0.369 bits per heavy atom. The molecular formula is C59H40N4OS. The van der Waals surface area contributed by atoms with E-state index in [1.807, 2.05) is 79.8 Å². The Labute approximate surface area is 379 Å². The van der Waals surface area contributed by atoms with Crippen LogP contribution in [0.3, 0.4) is 0 Å². The Kier molecular flexibility index (Phi) is 9.39. The Hall–Kier alpha value is -8.19. The van der Waals surface area contributed by atoms with Crippen LogP contribution in [0.1, 0.15) is 13.8 Å². The summed E-state index contributed by atoms with van der Waals surface area (Å²) in [4.78, 5) is 15.7. The lowest BCUT2D eigenvalue weighted by Crippen LogP contribution is -2.07. The first-order valence-electron chi connectivity index (χ1n) is 22.1. The summed E-state index contributed by atoms with van der Waals surface area (Å²) in [5.41, 5.74) is 12.3. The fourth-order valence-electron chi connectivity index (χ4n) is 9.28. The second-order valence-corrected chi connectivity index (χ2v) is 17.1. The minimum Gasteiger partial charge on any atom is -0.456 e. The lowest BCUT2D eigenvalue weighted by molar-refractivity contribution is 0.669. The monoisotopic (exact) mass is 852 g/mol. The second kappa shape index (κ2) is 15.9. The van der Waals surface area contributed by atoms with Gasteiger partial charge in [0.2, 0.25) is 5.95 Å². The molecule has 0 fully saturated rings. The number of fused-ring (bicyclic) bond motifs is 9. The zero-order chi connectivity index (χ0) is 43.4. The molecule has 13 aromatic rings. The Bertz CT molecular complexity index is 3940. The normalized spacial score (nSPS) is 11.5. The highest BCUT2D eigenvalue weighted by atomic mass is 32.1. The standard InChI is InChI=1S/C57H34N4OS.C2H6/c1-2-13-35(14-3-1)55-58-56(41-27-29-45-44-20-5-8-25-50(44)62-51(45)34-41)60-57(59-55)61-49-24-7-4-19-43(49)47-23-12-22-42(54(47)61)40-18-11-17-38(32-40)36-15-10-16-37(31-36)39-28-30-53-48(33-39)46-21-6-9-26-52(46)63-53;1-2/h1-34H;1-2H3. The molecule has 0 saturated carbocycles. The molecule has 5 nitrogen and oxygen atoms in total. The van der Waals surface area contributed by atoms with Gasteiger partial charge in [-0.3, -0.25) is 4.57 Å². The van der Waals surface area contributed by atoms with Gasteiger partial charge in [-0.25, -0.2) is 4.98 Å². The summed E-state index contributed by atoms with van der Waals surface area (Å²) in [6, 6.07) is 72.9. The molecule has 0 spiro atoms. The fourth-order valence-corrected chi connectivity index (χ4v) is 10.4. The molecule has 0 atom stereocenters. The summed E-state index contributed by atoms with van der Waals surface area (Å²) in [5, 5.41) is 7.00. The van der Waals surface area contributed by atoms with E-state index in [9.17, 15) is 0 Å². The van der Waals surface area contributed by atoms with Gasteiger partial charge in [0.15, 0.2) is 11.6 Å². The summed E-state index contributed by atoms with van der Waals surface area (Å²) in [6.07, 6.45) is 0. The van der Waals surface area contributed by atoms with Crippen molar-refractivity contribution in [3.05, 3.63) is 206 Å². The number of hydrogen-bond donors (Lipinski definition) is 0. The van der Waals surface area contributed by atoms with Crippen molar-refractivity contribution >= 4 is 75.3 Å². The number of benzene rings is 9. The summed E-state index contributed by atoms with van der Waals surface area (Å²) in [6.45, 7) is 4.00. The number of thiophene rings is 1. The number of furan rings is 1. The van der Waals surface area contributed by atoms with Gasteiger partial charge in [0, 0.05) is 58.4 Å². The largest absolute Gasteiger partial charge is 0.456 e. The van der Waals surface area contributed by atoms with Crippen molar-refractivity contribution in [2.24, 2.45) is 0 Å². The smallest absolute Gasteiger partial charge is 0.238 e. The number of para-hydroxylation sites is 3. The molecule has 0 aliphatic heterocycles. The predicted molar refractivity (Wildman–Crippen MR) is 273 cm³/mol. The van der Waals surface area contributed by atoms with E-state index in [0.29, 0.717) is 17.6 Å². The van der Waals surface area contributed by atoms with E-state index < -0.39 is 0 Å². The molecule has 0 aliphatic rings. The lowest BCUT2D eigenvalue weighted by Gasteiger charge is -2.14. The van der Waals surface area contributed by atoms with Gasteiger partial charge in [-0.05, 0) is 82.4 Å². The summed E-state index contributed by atoms with van der Waals surface area (Å²) in [5.74, 6) is 1.70. The first-order chi connectivity index (χ1) is 32.2. The summed E-state index contributed by atoms with van der Waals surface area (Å²) in [7, 11) is 0. The molecule has 13 rings (SSSR count). The zero-order valence-corrected chi connectivity index (χ0v) is 36.6. The lowest BCUT2D eigenvalue weighted by atomic mass is 9.95. The van der Waals surface area contributed by atoms with Crippen LogP contribution in [0.25, 0.3) is 126 Å². The maximum Gasteiger partial charge on any atom is 0.238 e. The molecule has 0 aliphatic carbocycles. The highest BCUT2D eigenvalue weighted by molar-refractivity contribution is 7.25. The molecule has 0 radical (unpaired) electrons. The second-order valence-electron chi connectivity index (χ2n) is 16.0. The zero-order valence-electron chi connectivity index (χ0n) is 35.7. The molecule has 0 bridgehead atoms. The maximum absolute atomic E-state index is 6.33. The maximum atomic E-state index is 6.33. The highest BCUT2D eigenvalue weighted by Crippen LogP contribution is 2.41. The Morgan fingerprint density at radius 2 is 0.938 bits per heavy atom.